The largest absolute Gasteiger partial charge is 0.380 e. The Morgan fingerprint density at radius 1 is 1.20 bits per heavy atom. The lowest BCUT2D eigenvalue weighted by Crippen LogP contribution is -2.35. The highest BCUT2D eigenvalue weighted by atomic mass is 35.5. The summed E-state index contributed by atoms with van der Waals surface area (Å²) in [7, 11) is 0. The minimum atomic E-state index is -0.130. The van der Waals surface area contributed by atoms with Crippen molar-refractivity contribution in [1.82, 2.24) is 15.6 Å². The van der Waals surface area contributed by atoms with Gasteiger partial charge in [0.05, 0.1) is 23.3 Å². The van der Waals surface area contributed by atoms with Crippen LogP contribution >= 0.6 is 23.2 Å². The minimum absolute atomic E-state index is 0.130. The first kappa shape index (κ1) is 19.7. The van der Waals surface area contributed by atoms with Crippen LogP contribution in [0.25, 0.3) is 0 Å². The number of aromatic nitrogens is 1. The second kappa shape index (κ2) is 11.1. The van der Waals surface area contributed by atoms with Gasteiger partial charge in [-0.05, 0) is 24.3 Å². The summed E-state index contributed by atoms with van der Waals surface area (Å²) < 4.78 is 5.42. The van der Waals surface area contributed by atoms with Crippen molar-refractivity contribution in [2.24, 2.45) is 5.92 Å². The smallest absolute Gasteiger partial charge is 0.269 e. The Bertz CT molecular complexity index is 627. The molecule has 0 bridgehead atoms. The molecule has 25 heavy (non-hydrogen) atoms. The molecule has 1 saturated heterocycles. The first-order valence-corrected chi connectivity index (χ1v) is 8.80. The molecule has 1 amide bonds. The summed E-state index contributed by atoms with van der Waals surface area (Å²) in [5.41, 5.74) is 0.454. The number of halogens is 2. The van der Waals surface area contributed by atoms with E-state index in [4.69, 9.17) is 27.9 Å². The molecular weight excluding hydrogens is 361 g/mol. The van der Waals surface area contributed by atoms with Gasteiger partial charge in [-0.1, -0.05) is 41.4 Å². The Morgan fingerprint density at radius 3 is 2.56 bits per heavy atom. The number of pyridine rings is 1. The maximum atomic E-state index is 11.7. The van der Waals surface area contributed by atoms with Crippen LogP contribution in [0.15, 0.2) is 48.7 Å². The van der Waals surface area contributed by atoms with Gasteiger partial charge < -0.3 is 15.4 Å². The molecule has 1 unspecified atom stereocenters. The van der Waals surface area contributed by atoms with Gasteiger partial charge in [0.15, 0.2) is 0 Å². The van der Waals surface area contributed by atoms with E-state index in [1.54, 1.807) is 36.5 Å². The van der Waals surface area contributed by atoms with Crippen molar-refractivity contribution in [2.45, 2.75) is 0 Å². The van der Waals surface area contributed by atoms with Gasteiger partial charge >= 0.3 is 0 Å². The molecule has 1 aromatic carbocycles. The number of nitrogens with zero attached hydrogens (tertiary/aromatic N) is 1. The van der Waals surface area contributed by atoms with E-state index in [1.165, 1.54) is 0 Å². The summed E-state index contributed by atoms with van der Waals surface area (Å²) in [6.07, 6.45) is 1.62. The highest BCUT2D eigenvalue weighted by molar-refractivity contribution is 6.41. The van der Waals surface area contributed by atoms with Crippen LogP contribution in [-0.4, -0.2) is 43.7 Å². The van der Waals surface area contributed by atoms with Gasteiger partial charge in [-0.2, -0.15) is 0 Å². The normalized spacial score (nSPS) is 17.0. The SMILES string of the molecule is Clc1ccccc1Cl.O=C(NCC1CNCCOC1)c1ccccn1. The van der Waals surface area contributed by atoms with Gasteiger partial charge in [0, 0.05) is 31.7 Å². The lowest BCUT2D eigenvalue weighted by molar-refractivity contribution is 0.0917. The molecule has 1 aromatic heterocycles. The van der Waals surface area contributed by atoms with Crippen LogP contribution in [0.2, 0.25) is 10.0 Å². The molecule has 0 saturated carbocycles. The Labute approximate surface area is 157 Å². The number of benzene rings is 1. The van der Waals surface area contributed by atoms with Gasteiger partial charge in [-0.15, -0.1) is 0 Å². The highest BCUT2D eigenvalue weighted by Crippen LogP contribution is 2.19. The molecule has 0 spiro atoms. The van der Waals surface area contributed by atoms with Gasteiger partial charge in [-0.25, -0.2) is 0 Å². The summed E-state index contributed by atoms with van der Waals surface area (Å²) in [6.45, 7) is 3.80. The van der Waals surface area contributed by atoms with E-state index in [0.717, 1.165) is 19.7 Å². The van der Waals surface area contributed by atoms with Crippen LogP contribution in [0.3, 0.4) is 0 Å². The van der Waals surface area contributed by atoms with E-state index < -0.39 is 0 Å². The van der Waals surface area contributed by atoms with Crippen molar-refractivity contribution in [3.8, 4) is 0 Å². The molecule has 1 fully saturated rings. The van der Waals surface area contributed by atoms with E-state index in [9.17, 15) is 4.79 Å². The van der Waals surface area contributed by atoms with Crippen molar-refractivity contribution in [2.75, 3.05) is 32.8 Å². The third kappa shape index (κ3) is 7.40. The van der Waals surface area contributed by atoms with Gasteiger partial charge in [-0.3, -0.25) is 9.78 Å². The molecule has 1 aliphatic heterocycles. The maximum Gasteiger partial charge on any atom is 0.269 e. The average Bonchev–Trinajstić information content (AvgIpc) is 2.92. The fourth-order valence-corrected chi connectivity index (χ4v) is 2.43. The maximum absolute atomic E-state index is 11.7. The first-order chi connectivity index (χ1) is 12.2. The number of carbonyl (C=O) groups is 1. The predicted octanol–water partition coefficient (Wildman–Crippen LogP) is 3.04. The number of rotatable bonds is 3. The Kier molecular flexibility index (Phi) is 8.69. The zero-order valence-corrected chi connectivity index (χ0v) is 15.3. The predicted molar refractivity (Wildman–Crippen MR) is 100 cm³/mol. The average molecular weight is 382 g/mol. The van der Waals surface area contributed by atoms with Crippen LogP contribution in [0.5, 0.6) is 0 Å². The Balaban J connectivity index is 0.000000236. The standard InChI is InChI=1S/C12H17N3O2.C6H4Cl2/c16-12(11-3-1-2-4-14-11)15-8-10-7-13-5-6-17-9-10;7-5-3-1-2-4-6(5)8/h1-4,10,13H,5-9H2,(H,15,16);1-4H. The highest BCUT2D eigenvalue weighted by Gasteiger charge is 2.14. The van der Waals surface area contributed by atoms with Crippen LogP contribution < -0.4 is 10.6 Å². The molecular formula is C18H21Cl2N3O2. The van der Waals surface area contributed by atoms with Crippen LogP contribution in [0.4, 0.5) is 0 Å². The third-order valence-corrected chi connectivity index (χ3v) is 4.24. The lowest BCUT2D eigenvalue weighted by Gasteiger charge is -2.14. The summed E-state index contributed by atoms with van der Waals surface area (Å²) in [5.74, 6) is 0.194. The number of ether oxygens (including phenoxy) is 1. The minimum Gasteiger partial charge on any atom is -0.380 e. The summed E-state index contributed by atoms with van der Waals surface area (Å²) >= 11 is 11.2. The van der Waals surface area contributed by atoms with E-state index >= 15 is 0 Å². The molecule has 7 heteroatoms. The summed E-state index contributed by atoms with van der Waals surface area (Å²) in [6, 6.07) is 12.5. The van der Waals surface area contributed by atoms with Crippen LogP contribution in [0, 0.1) is 5.92 Å². The fraction of sp³-hybridized carbons (Fsp3) is 0.333. The molecule has 5 nitrogen and oxygen atoms in total. The molecule has 2 N–H and O–H groups in total. The zero-order chi connectivity index (χ0) is 17.9. The molecule has 3 rings (SSSR count). The summed E-state index contributed by atoms with van der Waals surface area (Å²) in [5, 5.41) is 7.36. The molecule has 2 aromatic rings. The molecule has 0 aliphatic carbocycles. The number of carbonyl (C=O) groups excluding carboxylic acids is 1. The van der Waals surface area contributed by atoms with E-state index in [2.05, 4.69) is 15.6 Å². The van der Waals surface area contributed by atoms with Gasteiger partial charge in [0.2, 0.25) is 0 Å². The summed E-state index contributed by atoms with van der Waals surface area (Å²) in [4.78, 5) is 15.7. The topological polar surface area (TPSA) is 63.2 Å². The fourth-order valence-electron chi connectivity index (χ4n) is 2.15. The van der Waals surface area contributed by atoms with Crippen molar-refractivity contribution in [3.63, 3.8) is 0 Å². The second-order valence-electron chi connectivity index (χ2n) is 5.48. The molecule has 2 heterocycles. The van der Waals surface area contributed by atoms with Crippen molar-refractivity contribution >= 4 is 29.1 Å². The number of nitrogens with one attached hydrogen (secondary N) is 2. The number of amides is 1. The lowest BCUT2D eigenvalue weighted by atomic mass is 10.1. The Hall–Kier alpha value is -1.66. The van der Waals surface area contributed by atoms with Gasteiger partial charge in [0.25, 0.3) is 5.91 Å². The Morgan fingerprint density at radius 2 is 1.92 bits per heavy atom. The van der Waals surface area contributed by atoms with Crippen molar-refractivity contribution < 1.29 is 9.53 Å². The van der Waals surface area contributed by atoms with E-state index in [0.29, 0.717) is 34.8 Å². The molecule has 1 atom stereocenters. The quantitative estimate of drug-likeness (QED) is 0.857. The van der Waals surface area contributed by atoms with Crippen LogP contribution in [0.1, 0.15) is 10.5 Å². The zero-order valence-electron chi connectivity index (χ0n) is 13.8. The second-order valence-corrected chi connectivity index (χ2v) is 6.30. The van der Waals surface area contributed by atoms with Crippen molar-refractivity contribution in [1.29, 1.82) is 0 Å². The van der Waals surface area contributed by atoms with Crippen LogP contribution in [-0.2, 0) is 4.74 Å². The van der Waals surface area contributed by atoms with Gasteiger partial charge in [0.1, 0.15) is 5.69 Å². The number of hydrogen-bond acceptors (Lipinski definition) is 4. The van der Waals surface area contributed by atoms with E-state index in [-0.39, 0.29) is 5.91 Å². The first-order valence-electron chi connectivity index (χ1n) is 8.04. The number of hydrogen-bond donors (Lipinski definition) is 2. The van der Waals surface area contributed by atoms with Crippen molar-refractivity contribution in [3.05, 3.63) is 64.4 Å². The monoisotopic (exact) mass is 381 g/mol. The molecule has 0 radical (unpaired) electrons. The molecule has 134 valence electrons. The van der Waals surface area contributed by atoms with E-state index in [1.807, 2.05) is 12.1 Å². The molecule has 1 aliphatic rings. The third-order valence-electron chi connectivity index (χ3n) is 3.48.